The Hall–Kier alpha value is -1.50. The van der Waals surface area contributed by atoms with Crippen molar-refractivity contribution in [1.29, 1.82) is 0 Å². The highest BCUT2D eigenvalue weighted by atomic mass is 35.5. The van der Waals surface area contributed by atoms with Crippen LogP contribution in [0.25, 0.3) is 11.3 Å². The van der Waals surface area contributed by atoms with Gasteiger partial charge in [-0.05, 0) is 26.0 Å². The zero-order chi connectivity index (χ0) is 17.6. The van der Waals surface area contributed by atoms with Crippen molar-refractivity contribution >= 4 is 59.5 Å². The fraction of sp³-hybridized carbons (Fsp3) is 0.250. The van der Waals surface area contributed by atoms with Crippen molar-refractivity contribution in [3.05, 3.63) is 43.8 Å². The second-order valence-corrected chi connectivity index (χ2v) is 7.42. The largest absolute Gasteiger partial charge is 0.506 e. The van der Waals surface area contributed by atoms with Crippen LogP contribution in [0.4, 0.5) is 0 Å². The van der Waals surface area contributed by atoms with Gasteiger partial charge in [-0.15, -0.1) is 11.3 Å². The van der Waals surface area contributed by atoms with Crippen LogP contribution < -0.4 is 4.74 Å². The fourth-order valence-electron chi connectivity index (χ4n) is 2.72. The van der Waals surface area contributed by atoms with Crippen LogP contribution in [0.3, 0.4) is 0 Å². The first kappa shape index (κ1) is 17.3. The average molecular weight is 380 g/mol. The van der Waals surface area contributed by atoms with Gasteiger partial charge in [0.2, 0.25) is 0 Å². The lowest BCUT2D eigenvalue weighted by Gasteiger charge is -2.30. The predicted octanol–water partition coefficient (Wildman–Crippen LogP) is 4.24. The number of hydrogen-bond acceptors (Lipinski definition) is 5. The Morgan fingerprint density at radius 3 is 2.67 bits per heavy atom. The molecule has 3 rings (SSSR count). The monoisotopic (exact) mass is 379 g/mol. The minimum atomic E-state index is -0.914. The summed E-state index contributed by atoms with van der Waals surface area (Å²) in [6, 6.07) is 3.10. The van der Waals surface area contributed by atoms with Gasteiger partial charge in [0.05, 0.1) is 42.7 Å². The maximum Gasteiger partial charge on any atom is 0.179 e. The van der Waals surface area contributed by atoms with Crippen molar-refractivity contribution in [3.63, 3.8) is 0 Å². The molecule has 0 unspecified atom stereocenters. The molecule has 8 heteroatoms. The van der Waals surface area contributed by atoms with E-state index in [1.165, 1.54) is 11.3 Å². The van der Waals surface area contributed by atoms with E-state index in [9.17, 15) is 9.90 Å². The quantitative estimate of drug-likeness (QED) is 0.810. The number of nitrogens with zero attached hydrogens (tertiary/aromatic N) is 1. The van der Waals surface area contributed by atoms with Crippen molar-refractivity contribution in [2.75, 3.05) is 6.51 Å². The molecule has 2 aromatic rings. The van der Waals surface area contributed by atoms with Gasteiger partial charge in [-0.2, -0.15) is 0 Å². The smallest absolute Gasteiger partial charge is 0.179 e. The summed E-state index contributed by atoms with van der Waals surface area (Å²) in [6.07, 6.45) is 0. The maximum atomic E-state index is 13.1. The number of carbonyl (C=O) groups is 1. The molecule has 2 radical (unpaired) electrons. The average Bonchev–Trinajstić information content (AvgIpc) is 3.03. The molecular weight excluding hydrogens is 368 g/mol. The summed E-state index contributed by atoms with van der Waals surface area (Å²) < 4.78 is 5.39. The van der Waals surface area contributed by atoms with Gasteiger partial charge in [0.25, 0.3) is 0 Å². The molecule has 1 aliphatic carbocycles. The van der Waals surface area contributed by atoms with Gasteiger partial charge >= 0.3 is 0 Å². The minimum absolute atomic E-state index is 0.0627. The Kier molecular flexibility index (Phi) is 4.40. The van der Waals surface area contributed by atoms with E-state index in [0.29, 0.717) is 10.6 Å². The highest BCUT2D eigenvalue weighted by Gasteiger charge is 2.44. The van der Waals surface area contributed by atoms with Crippen LogP contribution in [0.2, 0.25) is 10.0 Å². The Morgan fingerprint density at radius 2 is 2.00 bits per heavy atom. The zero-order valence-corrected chi connectivity index (χ0v) is 15.2. The van der Waals surface area contributed by atoms with E-state index in [1.54, 1.807) is 31.5 Å². The molecular formula is C16H12BCl2NO3S. The number of ether oxygens (including phenoxy) is 1. The predicted molar refractivity (Wildman–Crippen MR) is 97.3 cm³/mol. The number of rotatable bonds is 3. The van der Waals surface area contributed by atoms with Gasteiger partial charge in [0.1, 0.15) is 19.4 Å². The molecule has 0 saturated heterocycles. The molecule has 0 bridgehead atoms. The van der Waals surface area contributed by atoms with E-state index < -0.39 is 5.41 Å². The number of allylic oxidation sites excluding steroid dienone is 1. The van der Waals surface area contributed by atoms with E-state index in [0.717, 1.165) is 0 Å². The van der Waals surface area contributed by atoms with Crippen molar-refractivity contribution in [1.82, 2.24) is 4.98 Å². The number of fused-ring (bicyclic) bond motifs is 1. The van der Waals surface area contributed by atoms with Gasteiger partial charge in [-0.25, -0.2) is 4.98 Å². The number of aliphatic hydroxyl groups excluding tert-OH is 1. The molecule has 0 spiro atoms. The molecule has 1 N–H and O–H groups in total. The van der Waals surface area contributed by atoms with Crippen LogP contribution in [0.5, 0.6) is 5.75 Å². The molecule has 1 aliphatic rings. The van der Waals surface area contributed by atoms with Gasteiger partial charge in [0.15, 0.2) is 5.78 Å². The Bertz CT molecular complexity index is 876. The Balaban J connectivity index is 2.37. The number of benzene rings is 1. The van der Waals surface area contributed by atoms with E-state index in [2.05, 4.69) is 4.98 Å². The molecule has 0 fully saturated rings. The summed E-state index contributed by atoms with van der Waals surface area (Å²) in [5.74, 6) is -0.322. The number of halogens is 2. The summed E-state index contributed by atoms with van der Waals surface area (Å²) in [4.78, 5) is 17.9. The number of thiazole rings is 1. The van der Waals surface area contributed by atoms with Crippen molar-refractivity contribution in [3.8, 4) is 5.75 Å². The molecule has 1 heterocycles. The summed E-state index contributed by atoms with van der Waals surface area (Å²) in [5, 5.41) is 11.2. The lowest BCUT2D eigenvalue weighted by Crippen LogP contribution is -2.34. The van der Waals surface area contributed by atoms with Crippen LogP contribution in [0.1, 0.15) is 30.0 Å². The standard InChI is InChI=1S/C16H12BCl2NO3S/c1-16(2)14-13(24-6-20-14)11(21)10(15(16)22)9-7(18)3-4-8(19)12(9)23-5-17/h3-4,6,21H,5H2,1-2H3. The van der Waals surface area contributed by atoms with Crippen LogP contribution in [0, 0.1) is 0 Å². The van der Waals surface area contributed by atoms with E-state index in [1.807, 2.05) is 0 Å². The number of ketones is 1. The van der Waals surface area contributed by atoms with Crippen LogP contribution in [-0.4, -0.2) is 30.2 Å². The number of hydrogen-bond donors (Lipinski definition) is 1. The topological polar surface area (TPSA) is 59.4 Å². The summed E-state index contributed by atoms with van der Waals surface area (Å²) in [7, 11) is 5.47. The van der Waals surface area contributed by atoms with Gasteiger partial charge in [-0.3, -0.25) is 4.79 Å². The van der Waals surface area contributed by atoms with Crippen LogP contribution in [0.15, 0.2) is 17.6 Å². The van der Waals surface area contributed by atoms with Crippen LogP contribution >= 0.6 is 34.5 Å². The molecule has 122 valence electrons. The lowest BCUT2D eigenvalue weighted by molar-refractivity contribution is -0.118. The van der Waals surface area contributed by atoms with Crippen molar-refractivity contribution in [2.45, 2.75) is 19.3 Å². The van der Waals surface area contributed by atoms with Crippen LogP contribution in [-0.2, 0) is 10.2 Å². The first-order valence-corrected chi connectivity index (χ1v) is 8.67. The summed E-state index contributed by atoms with van der Waals surface area (Å²) >= 11 is 13.7. The molecule has 1 aromatic carbocycles. The van der Waals surface area contributed by atoms with Gasteiger partial charge in [-0.1, -0.05) is 23.2 Å². The Morgan fingerprint density at radius 1 is 1.33 bits per heavy atom. The first-order valence-electron chi connectivity index (χ1n) is 7.04. The molecule has 1 aromatic heterocycles. The summed E-state index contributed by atoms with van der Waals surface area (Å²) in [5.41, 5.74) is 1.52. The second kappa shape index (κ2) is 6.10. The van der Waals surface area contributed by atoms with E-state index in [4.69, 9.17) is 35.8 Å². The molecule has 0 aliphatic heterocycles. The minimum Gasteiger partial charge on any atom is -0.506 e. The number of Topliss-reactive ketones (excluding diaryl/α,β-unsaturated/α-hetero) is 1. The number of aromatic nitrogens is 1. The third-order valence-corrected chi connectivity index (χ3v) is 5.39. The molecule has 0 amide bonds. The first-order chi connectivity index (χ1) is 11.3. The van der Waals surface area contributed by atoms with Crippen molar-refractivity contribution < 1.29 is 14.6 Å². The highest BCUT2D eigenvalue weighted by Crippen LogP contribution is 2.48. The van der Waals surface area contributed by atoms with Gasteiger partial charge < -0.3 is 9.84 Å². The molecule has 0 saturated carbocycles. The molecule has 0 atom stereocenters. The number of aliphatic hydroxyl groups is 1. The second-order valence-electron chi connectivity index (χ2n) is 5.75. The normalized spacial score (nSPS) is 16.2. The lowest BCUT2D eigenvalue weighted by atomic mass is 9.74. The maximum absolute atomic E-state index is 13.1. The molecule has 4 nitrogen and oxygen atoms in total. The fourth-order valence-corrected chi connectivity index (χ4v) is 4.08. The third-order valence-electron chi connectivity index (χ3n) is 3.94. The number of carbonyl (C=O) groups excluding carboxylic acids is 1. The van der Waals surface area contributed by atoms with E-state index >= 15 is 0 Å². The highest BCUT2D eigenvalue weighted by molar-refractivity contribution is 7.11. The SMILES string of the molecule is [B]COc1c(Cl)ccc(Cl)c1C1=C(O)c2scnc2C(C)(C)C1=O. The van der Waals surface area contributed by atoms with Crippen molar-refractivity contribution in [2.24, 2.45) is 0 Å². The third kappa shape index (κ3) is 2.44. The molecule has 24 heavy (non-hydrogen) atoms. The zero-order valence-electron chi connectivity index (χ0n) is 12.9. The summed E-state index contributed by atoms with van der Waals surface area (Å²) in [6.45, 7) is 3.36. The Labute approximate surface area is 154 Å². The van der Waals surface area contributed by atoms with E-state index in [-0.39, 0.29) is 45.0 Å². The van der Waals surface area contributed by atoms with Gasteiger partial charge in [0, 0.05) is 6.51 Å².